The van der Waals surface area contributed by atoms with Crippen molar-refractivity contribution in [3.8, 4) is 11.5 Å². The van der Waals surface area contributed by atoms with Crippen molar-refractivity contribution in [2.24, 2.45) is 0 Å². The number of aromatic hydroxyl groups is 1. The SMILES string of the molecule is CCOc1cc(CNCCc2ccccc2C)ccc1O. The lowest BCUT2D eigenvalue weighted by atomic mass is 10.1. The molecule has 3 nitrogen and oxygen atoms in total. The third-order valence-electron chi connectivity index (χ3n) is 3.49. The third-order valence-corrected chi connectivity index (χ3v) is 3.49. The van der Waals surface area contributed by atoms with Crippen LogP contribution in [0.5, 0.6) is 11.5 Å². The summed E-state index contributed by atoms with van der Waals surface area (Å²) in [7, 11) is 0. The van der Waals surface area contributed by atoms with Crippen LogP contribution in [0.1, 0.15) is 23.6 Å². The van der Waals surface area contributed by atoms with Crippen molar-refractivity contribution in [3.63, 3.8) is 0 Å². The molecule has 2 aromatic rings. The quantitative estimate of drug-likeness (QED) is 0.766. The van der Waals surface area contributed by atoms with Gasteiger partial charge in [0.15, 0.2) is 11.5 Å². The van der Waals surface area contributed by atoms with E-state index in [4.69, 9.17) is 4.74 Å². The molecule has 0 bridgehead atoms. The highest BCUT2D eigenvalue weighted by Crippen LogP contribution is 2.26. The molecule has 3 heteroatoms. The molecule has 0 amide bonds. The molecule has 2 N–H and O–H groups in total. The fraction of sp³-hybridized carbons (Fsp3) is 0.333. The van der Waals surface area contributed by atoms with Crippen LogP contribution >= 0.6 is 0 Å². The van der Waals surface area contributed by atoms with Crippen LogP contribution in [-0.2, 0) is 13.0 Å². The molecule has 0 aliphatic rings. The van der Waals surface area contributed by atoms with Gasteiger partial charge in [0, 0.05) is 6.54 Å². The predicted octanol–water partition coefficient (Wildman–Crippen LogP) is 3.43. The number of hydrogen-bond acceptors (Lipinski definition) is 3. The predicted molar refractivity (Wildman–Crippen MR) is 85.9 cm³/mol. The summed E-state index contributed by atoms with van der Waals surface area (Å²) in [6, 6.07) is 13.9. The Morgan fingerprint density at radius 3 is 2.71 bits per heavy atom. The molecule has 0 spiro atoms. The van der Waals surface area contributed by atoms with Gasteiger partial charge in [0.25, 0.3) is 0 Å². The van der Waals surface area contributed by atoms with Crippen molar-refractivity contribution in [1.82, 2.24) is 5.32 Å². The van der Waals surface area contributed by atoms with Gasteiger partial charge in [-0.2, -0.15) is 0 Å². The maximum absolute atomic E-state index is 9.67. The summed E-state index contributed by atoms with van der Waals surface area (Å²) in [5.74, 6) is 0.746. The molecule has 0 atom stereocenters. The zero-order valence-electron chi connectivity index (χ0n) is 12.7. The lowest BCUT2D eigenvalue weighted by molar-refractivity contribution is 0.317. The van der Waals surface area contributed by atoms with Crippen molar-refractivity contribution >= 4 is 0 Å². The molecule has 0 aromatic heterocycles. The molecule has 2 rings (SSSR count). The van der Waals surface area contributed by atoms with Crippen LogP contribution in [0.3, 0.4) is 0 Å². The lowest BCUT2D eigenvalue weighted by Gasteiger charge is -2.10. The maximum Gasteiger partial charge on any atom is 0.161 e. The van der Waals surface area contributed by atoms with Gasteiger partial charge in [-0.15, -0.1) is 0 Å². The summed E-state index contributed by atoms with van der Waals surface area (Å²) in [5, 5.41) is 13.1. The summed E-state index contributed by atoms with van der Waals surface area (Å²) in [4.78, 5) is 0. The first-order chi connectivity index (χ1) is 10.2. The van der Waals surface area contributed by atoms with Crippen LogP contribution in [0.15, 0.2) is 42.5 Å². The lowest BCUT2D eigenvalue weighted by Crippen LogP contribution is -2.17. The van der Waals surface area contributed by atoms with Crippen LogP contribution in [0.2, 0.25) is 0 Å². The molecule has 2 aromatic carbocycles. The second kappa shape index (κ2) is 7.70. The van der Waals surface area contributed by atoms with Crippen molar-refractivity contribution in [1.29, 1.82) is 0 Å². The largest absolute Gasteiger partial charge is 0.504 e. The van der Waals surface area contributed by atoms with Gasteiger partial charge in [0.2, 0.25) is 0 Å². The van der Waals surface area contributed by atoms with E-state index in [0.29, 0.717) is 12.4 Å². The first kappa shape index (κ1) is 15.4. The van der Waals surface area contributed by atoms with E-state index in [2.05, 4.69) is 36.5 Å². The topological polar surface area (TPSA) is 41.5 Å². The van der Waals surface area contributed by atoms with Gasteiger partial charge in [0.05, 0.1) is 6.61 Å². The van der Waals surface area contributed by atoms with Crippen LogP contribution < -0.4 is 10.1 Å². The normalized spacial score (nSPS) is 10.6. The molecule has 0 fully saturated rings. The zero-order chi connectivity index (χ0) is 15.1. The minimum absolute atomic E-state index is 0.195. The van der Waals surface area contributed by atoms with Gasteiger partial charge in [-0.25, -0.2) is 0 Å². The highest BCUT2D eigenvalue weighted by Gasteiger charge is 2.03. The molecular formula is C18H23NO2. The minimum atomic E-state index is 0.195. The van der Waals surface area contributed by atoms with E-state index < -0.39 is 0 Å². The molecular weight excluding hydrogens is 262 g/mol. The second-order valence-electron chi connectivity index (χ2n) is 5.09. The Labute approximate surface area is 126 Å². The standard InChI is InChI=1S/C18H23NO2/c1-3-21-18-12-15(8-9-17(18)20)13-19-11-10-16-7-5-4-6-14(16)2/h4-9,12,19-20H,3,10-11,13H2,1-2H3. The first-order valence-electron chi connectivity index (χ1n) is 7.40. The molecule has 0 unspecified atom stereocenters. The maximum atomic E-state index is 9.67. The Balaban J connectivity index is 1.83. The summed E-state index contributed by atoms with van der Waals surface area (Å²) in [6.45, 7) is 6.30. The number of aryl methyl sites for hydroxylation is 1. The molecule has 0 aliphatic heterocycles. The van der Waals surface area contributed by atoms with E-state index in [1.54, 1.807) is 6.07 Å². The Morgan fingerprint density at radius 2 is 1.95 bits per heavy atom. The Hall–Kier alpha value is -2.00. The summed E-state index contributed by atoms with van der Waals surface area (Å²) >= 11 is 0. The van der Waals surface area contributed by atoms with Gasteiger partial charge in [-0.05, 0) is 55.6 Å². The zero-order valence-corrected chi connectivity index (χ0v) is 12.7. The van der Waals surface area contributed by atoms with Crippen molar-refractivity contribution in [2.75, 3.05) is 13.2 Å². The van der Waals surface area contributed by atoms with Crippen molar-refractivity contribution < 1.29 is 9.84 Å². The number of benzene rings is 2. The number of ether oxygens (including phenoxy) is 1. The van der Waals surface area contributed by atoms with Crippen LogP contribution in [-0.4, -0.2) is 18.3 Å². The van der Waals surface area contributed by atoms with Gasteiger partial charge in [-0.3, -0.25) is 0 Å². The number of hydrogen-bond donors (Lipinski definition) is 2. The first-order valence-corrected chi connectivity index (χ1v) is 7.40. The van der Waals surface area contributed by atoms with Crippen LogP contribution in [0.25, 0.3) is 0 Å². The smallest absolute Gasteiger partial charge is 0.161 e. The molecule has 21 heavy (non-hydrogen) atoms. The van der Waals surface area contributed by atoms with E-state index in [-0.39, 0.29) is 5.75 Å². The summed E-state index contributed by atoms with van der Waals surface area (Å²) in [5.41, 5.74) is 3.83. The fourth-order valence-electron chi connectivity index (χ4n) is 2.29. The van der Waals surface area contributed by atoms with E-state index in [0.717, 1.165) is 25.1 Å². The molecule has 0 heterocycles. The molecule has 0 saturated carbocycles. The van der Waals surface area contributed by atoms with Crippen LogP contribution in [0, 0.1) is 6.92 Å². The third kappa shape index (κ3) is 4.50. The average Bonchev–Trinajstić information content (AvgIpc) is 2.49. The Bertz CT molecular complexity index is 581. The Kier molecular flexibility index (Phi) is 5.64. The van der Waals surface area contributed by atoms with E-state index >= 15 is 0 Å². The number of rotatable bonds is 7. The van der Waals surface area contributed by atoms with Crippen LogP contribution in [0.4, 0.5) is 0 Å². The summed E-state index contributed by atoms with van der Waals surface area (Å²) < 4.78 is 5.39. The molecule has 0 radical (unpaired) electrons. The highest BCUT2D eigenvalue weighted by molar-refractivity contribution is 5.41. The van der Waals surface area contributed by atoms with Gasteiger partial charge >= 0.3 is 0 Å². The number of nitrogens with one attached hydrogen (secondary N) is 1. The van der Waals surface area contributed by atoms with Gasteiger partial charge in [-0.1, -0.05) is 30.3 Å². The molecule has 0 saturated heterocycles. The van der Waals surface area contributed by atoms with Crippen molar-refractivity contribution in [3.05, 3.63) is 59.2 Å². The molecule has 0 aliphatic carbocycles. The monoisotopic (exact) mass is 285 g/mol. The van der Waals surface area contributed by atoms with Gasteiger partial charge < -0.3 is 15.2 Å². The van der Waals surface area contributed by atoms with E-state index in [1.165, 1.54) is 11.1 Å². The van der Waals surface area contributed by atoms with E-state index in [9.17, 15) is 5.11 Å². The van der Waals surface area contributed by atoms with E-state index in [1.807, 2.05) is 19.1 Å². The Morgan fingerprint density at radius 1 is 1.14 bits per heavy atom. The number of phenolic OH excluding ortho intramolecular Hbond substituents is 1. The average molecular weight is 285 g/mol. The summed E-state index contributed by atoms with van der Waals surface area (Å²) in [6.07, 6.45) is 1.02. The minimum Gasteiger partial charge on any atom is -0.504 e. The highest BCUT2D eigenvalue weighted by atomic mass is 16.5. The van der Waals surface area contributed by atoms with Gasteiger partial charge in [0.1, 0.15) is 0 Å². The fourth-order valence-corrected chi connectivity index (χ4v) is 2.29. The van der Waals surface area contributed by atoms with Crippen molar-refractivity contribution in [2.45, 2.75) is 26.8 Å². The molecule has 112 valence electrons. The second-order valence-corrected chi connectivity index (χ2v) is 5.09. The number of phenols is 1.